The first-order chi connectivity index (χ1) is 14.2. The number of pyridine rings is 1. The fourth-order valence-electron chi connectivity index (χ4n) is 5.23. The van der Waals surface area contributed by atoms with Crippen molar-refractivity contribution in [1.29, 1.82) is 0 Å². The molecule has 2 saturated heterocycles. The fourth-order valence-corrected chi connectivity index (χ4v) is 5.23. The van der Waals surface area contributed by atoms with Crippen LogP contribution in [0.5, 0.6) is 0 Å². The Balaban J connectivity index is 1.33. The van der Waals surface area contributed by atoms with E-state index in [2.05, 4.69) is 36.8 Å². The van der Waals surface area contributed by atoms with Gasteiger partial charge in [-0.3, -0.25) is 19.3 Å². The van der Waals surface area contributed by atoms with Crippen LogP contribution in [0.25, 0.3) is 0 Å². The summed E-state index contributed by atoms with van der Waals surface area (Å²) < 4.78 is 9.38. The maximum Gasteiger partial charge on any atom is 0.255 e. The average Bonchev–Trinajstić information content (AvgIpc) is 2.95. The summed E-state index contributed by atoms with van der Waals surface area (Å²) in [5, 5.41) is 8.29. The first-order valence-electron chi connectivity index (χ1n) is 10.8. The van der Waals surface area contributed by atoms with Gasteiger partial charge in [-0.2, -0.15) is 0 Å². The highest BCUT2D eigenvalue weighted by atomic mass is 16.5. The molecular formula is C21H30N6O2. The summed E-state index contributed by atoms with van der Waals surface area (Å²) >= 11 is 0. The monoisotopic (exact) mass is 398 g/mol. The third-order valence-corrected chi connectivity index (χ3v) is 6.50. The van der Waals surface area contributed by atoms with Gasteiger partial charge >= 0.3 is 0 Å². The van der Waals surface area contributed by atoms with Crippen LogP contribution < -0.4 is 5.56 Å². The SMILES string of the molecule is Cn1cc(CN2C[C@@H]3C[C@H](C2)c2ccc(CN4CCCOCC4)c(=O)n2C3)nn1. The molecule has 156 valence electrons. The van der Waals surface area contributed by atoms with Gasteiger partial charge in [0.1, 0.15) is 0 Å². The Morgan fingerprint density at radius 2 is 2.03 bits per heavy atom. The van der Waals surface area contributed by atoms with Crippen LogP contribution in [-0.2, 0) is 31.4 Å². The van der Waals surface area contributed by atoms with Gasteiger partial charge < -0.3 is 9.30 Å². The molecule has 5 heterocycles. The minimum atomic E-state index is 0.213. The van der Waals surface area contributed by atoms with Crippen LogP contribution in [0.3, 0.4) is 0 Å². The molecule has 0 spiro atoms. The predicted octanol–water partition coefficient (Wildman–Crippen LogP) is 0.818. The van der Waals surface area contributed by atoms with Crippen LogP contribution >= 0.6 is 0 Å². The lowest BCUT2D eigenvalue weighted by atomic mass is 9.83. The number of likely N-dealkylation sites (tertiary alicyclic amines) is 1. The molecule has 2 aromatic heterocycles. The summed E-state index contributed by atoms with van der Waals surface area (Å²) in [4.78, 5) is 18.1. The summed E-state index contributed by atoms with van der Waals surface area (Å²) in [6.07, 6.45) is 4.21. The molecule has 0 radical (unpaired) electrons. The van der Waals surface area contributed by atoms with Crippen LogP contribution in [0.2, 0.25) is 0 Å². The first kappa shape index (κ1) is 19.0. The Labute approximate surface area is 171 Å². The molecular weight excluding hydrogens is 368 g/mol. The number of rotatable bonds is 4. The minimum Gasteiger partial charge on any atom is -0.380 e. The number of ether oxygens (including phenoxy) is 1. The van der Waals surface area contributed by atoms with E-state index in [0.29, 0.717) is 11.8 Å². The zero-order valence-corrected chi connectivity index (χ0v) is 17.2. The van der Waals surface area contributed by atoms with Crippen molar-refractivity contribution in [3.8, 4) is 0 Å². The van der Waals surface area contributed by atoms with E-state index in [4.69, 9.17) is 4.74 Å². The molecule has 0 aliphatic carbocycles. The van der Waals surface area contributed by atoms with Crippen molar-refractivity contribution in [3.05, 3.63) is 45.6 Å². The lowest BCUT2D eigenvalue weighted by Gasteiger charge is -2.42. The van der Waals surface area contributed by atoms with Crippen LogP contribution in [-0.4, -0.2) is 68.8 Å². The molecule has 8 heteroatoms. The third kappa shape index (κ3) is 4.01. The van der Waals surface area contributed by atoms with Gasteiger partial charge in [-0.25, -0.2) is 0 Å². The summed E-state index contributed by atoms with van der Waals surface area (Å²) in [5.41, 5.74) is 3.36. The van der Waals surface area contributed by atoms with Crippen molar-refractivity contribution < 1.29 is 4.74 Å². The standard InChI is InChI=1S/C21H30N6O2/c1-24-14-19(22-23-24)15-26-10-16-9-18(13-26)20-4-3-17(21(28)27(20)11-16)12-25-5-2-7-29-8-6-25/h3-4,14,16,18H,2,5-13,15H2,1H3/t16-,18+/m0/s1. The van der Waals surface area contributed by atoms with Gasteiger partial charge in [0.15, 0.2) is 0 Å². The molecule has 2 atom stereocenters. The van der Waals surface area contributed by atoms with Gasteiger partial charge in [0.2, 0.25) is 0 Å². The van der Waals surface area contributed by atoms with Crippen molar-refractivity contribution in [2.24, 2.45) is 13.0 Å². The van der Waals surface area contributed by atoms with Gasteiger partial charge in [-0.05, 0) is 24.8 Å². The van der Waals surface area contributed by atoms with E-state index in [0.717, 1.165) is 76.7 Å². The van der Waals surface area contributed by atoms with Gasteiger partial charge in [-0.1, -0.05) is 11.3 Å². The van der Waals surface area contributed by atoms with E-state index >= 15 is 0 Å². The summed E-state index contributed by atoms with van der Waals surface area (Å²) in [6, 6.07) is 4.28. The smallest absolute Gasteiger partial charge is 0.255 e. The van der Waals surface area contributed by atoms with Crippen molar-refractivity contribution in [2.45, 2.75) is 38.4 Å². The van der Waals surface area contributed by atoms with Crippen molar-refractivity contribution in [2.75, 3.05) is 39.4 Å². The molecule has 2 bridgehead atoms. The highest BCUT2D eigenvalue weighted by Gasteiger charge is 2.35. The summed E-state index contributed by atoms with van der Waals surface area (Å²) in [7, 11) is 1.90. The zero-order valence-electron chi connectivity index (χ0n) is 17.2. The Morgan fingerprint density at radius 3 is 2.90 bits per heavy atom. The largest absolute Gasteiger partial charge is 0.380 e. The number of nitrogens with zero attached hydrogens (tertiary/aromatic N) is 6. The van der Waals surface area contributed by atoms with Crippen LogP contribution in [0.4, 0.5) is 0 Å². The predicted molar refractivity (Wildman–Crippen MR) is 109 cm³/mol. The van der Waals surface area contributed by atoms with Crippen molar-refractivity contribution in [1.82, 2.24) is 29.4 Å². The number of hydrogen-bond acceptors (Lipinski definition) is 6. The molecule has 0 saturated carbocycles. The first-order valence-corrected chi connectivity index (χ1v) is 10.8. The molecule has 29 heavy (non-hydrogen) atoms. The number of hydrogen-bond donors (Lipinski definition) is 0. The number of aromatic nitrogens is 4. The highest BCUT2D eigenvalue weighted by Crippen LogP contribution is 2.35. The third-order valence-electron chi connectivity index (χ3n) is 6.50. The topological polar surface area (TPSA) is 68.4 Å². The van der Waals surface area contributed by atoms with Gasteiger partial charge in [0.25, 0.3) is 5.56 Å². The van der Waals surface area contributed by atoms with Crippen LogP contribution in [0, 0.1) is 5.92 Å². The van der Waals surface area contributed by atoms with E-state index in [9.17, 15) is 4.79 Å². The van der Waals surface area contributed by atoms with Gasteiger partial charge in [0.05, 0.1) is 12.3 Å². The highest BCUT2D eigenvalue weighted by molar-refractivity contribution is 5.22. The molecule has 2 aromatic rings. The Kier molecular flexibility index (Phi) is 5.24. The number of aryl methyl sites for hydroxylation is 1. The molecule has 3 aliphatic rings. The summed E-state index contributed by atoms with van der Waals surface area (Å²) in [6.45, 7) is 7.90. The molecule has 0 N–H and O–H groups in total. The average molecular weight is 399 g/mol. The normalized spacial score (nSPS) is 25.6. The Bertz CT molecular complexity index is 914. The lowest BCUT2D eigenvalue weighted by Crippen LogP contribution is -2.47. The van der Waals surface area contributed by atoms with Crippen molar-refractivity contribution in [3.63, 3.8) is 0 Å². The maximum atomic E-state index is 13.3. The molecule has 8 nitrogen and oxygen atoms in total. The molecule has 0 unspecified atom stereocenters. The van der Waals surface area contributed by atoms with Crippen molar-refractivity contribution >= 4 is 0 Å². The van der Waals surface area contributed by atoms with E-state index in [1.165, 1.54) is 12.1 Å². The Hall–Kier alpha value is -2.03. The van der Waals surface area contributed by atoms with Gasteiger partial charge in [0, 0.05) is 82.8 Å². The zero-order chi connectivity index (χ0) is 19.8. The molecule has 3 aliphatic heterocycles. The fraction of sp³-hybridized carbons (Fsp3) is 0.667. The lowest BCUT2D eigenvalue weighted by molar-refractivity contribution is 0.113. The number of fused-ring (bicyclic) bond motifs is 4. The van der Waals surface area contributed by atoms with Gasteiger partial charge in [-0.15, -0.1) is 5.10 Å². The van der Waals surface area contributed by atoms with Crippen LogP contribution in [0.15, 0.2) is 23.1 Å². The second-order valence-corrected chi connectivity index (χ2v) is 8.82. The molecule has 5 rings (SSSR count). The van der Waals surface area contributed by atoms with E-state index in [1.807, 2.05) is 13.2 Å². The van der Waals surface area contributed by atoms with E-state index in [1.54, 1.807) is 4.68 Å². The minimum absolute atomic E-state index is 0.213. The van der Waals surface area contributed by atoms with E-state index < -0.39 is 0 Å². The Morgan fingerprint density at radius 1 is 1.10 bits per heavy atom. The number of piperidine rings is 1. The maximum absolute atomic E-state index is 13.3. The summed E-state index contributed by atoms with van der Waals surface area (Å²) in [5.74, 6) is 0.949. The second-order valence-electron chi connectivity index (χ2n) is 8.82. The van der Waals surface area contributed by atoms with E-state index in [-0.39, 0.29) is 5.56 Å². The molecule has 2 fully saturated rings. The van der Waals surface area contributed by atoms with Crippen LogP contribution in [0.1, 0.15) is 35.7 Å². The molecule has 0 amide bonds. The molecule has 0 aromatic carbocycles. The quantitative estimate of drug-likeness (QED) is 0.760. The second kappa shape index (κ2) is 8.01.